The molecule has 0 bridgehead atoms. The quantitative estimate of drug-likeness (QED) is 0.682. The summed E-state index contributed by atoms with van der Waals surface area (Å²) in [5, 5.41) is 9.56. The summed E-state index contributed by atoms with van der Waals surface area (Å²) >= 11 is 0. The highest BCUT2D eigenvalue weighted by atomic mass is 16.3. The maximum absolute atomic E-state index is 9.56. The SMILES string of the molecule is Cc1cncc(C(O)[C@@H](C)N)c1. The van der Waals surface area contributed by atoms with Gasteiger partial charge in [-0.2, -0.15) is 0 Å². The fourth-order valence-electron chi connectivity index (χ4n) is 1.04. The number of aliphatic hydroxyl groups excluding tert-OH is 1. The summed E-state index contributed by atoms with van der Waals surface area (Å²) < 4.78 is 0. The van der Waals surface area contributed by atoms with Gasteiger partial charge in [-0.3, -0.25) is 4.98 Å². The van der Waals surface area contributed by atoms with Crippen molar-refractivity contribution in [1.29, 1.82) is 0 Å². The largest absolute Gasteiger partial charge is 0.387 e. The number of aliphatic hydroxyl groups is 1. The standard InChI is InChI=1S/C9H14N2O/c1-6-3-8(5-11-4-6)9(12)7(2)10/h3-5,7,9,12H,10H2,1-2H3/t7-,9?/m1/s1. The molecule has 2 atom stereocenters. The van der Waals surface area contributed by atoms with E-state index in [1.54, 1.807) is 19.3 Å². The van der Waals surface area contributed by atoms with Crippen LogP contribution in [0.3, 0.4) is 0 Å². The number of hydrogen-bond acceptors (Lipinski definition) is 3. The highest BCUT2D eigenvalue weighted by Crippen LogP contribution is 2.14. The van der Waals surface area contributed by atoms with E-state index < -0.39 is 6.10 Å². The van der Waals surface area contributed by atoms with E-state index in [4.69, 9.17) is 5.73 Å². The van der Waals surface area contributed by atoms with E-state index in [1.807, 2.05) is 13.0 Å². The Balaban J connectivity index is 2.88. The van der Waals surface area contributed by atoms with Gasteiger partial charge >= 0.3 is 0 Å². The van der Waals surface area contributed by atoms with E-state index in [1.165, 1.54) is 0 Å². The van der Waals surface area contributed by atoms with Crippen molar-refractivity contribution in [3.05, 3.63) is 29.6 Å². The lowest BCUT2D eigenvalue weighted by Gasteiger charge is -2.14. The zero-order valence-electron chi connectivity index (χ0n) is 7.36. The molecular weight excluding hydrogens is 152 g/mol. The van der Waals surface area contributed by atoms with Crippen LogP contribution < -0.4 is 5.73 Å². The van der Waals surface area contributed by atoms with Crippen LogP contribution in [-0.4, -0.2) is 16.1 Å². The van der Waals surface area contributed by atoms with Crippen LogP contribution in [0, 0.1) is 6.92 Å². The van der Waals surface area contributed by atoms with Crippen LogP contribution in [0.15, 0.2) is 18.5 Å². The first-order valence-electron chi connectivity index (χ1n) is 3.96. The summed E-state index contributed by atoms with van der Waals surface area (Å²) in [5.74, 6) is 0. The van der Waals surface area contributed by atoms with Crippen LogP contribution in [0.4, 0.5) is 0 Å². The summed E-state index contributed by atoms with van der Waals surface area (Å²) in [5.41, 5.74) is 7.36. The number of aryl methyl sites for hydroxylation is 1. The van der Waals surface area contributed by atoms with Gasteiger partial charge in [0.1, 0.15) is 0 Å². The molecule has 0 aliphatic carbocycles. The average molecular weight is 166 g/mol. The predicted molar refractivity (Wildman–Crippen MR) is 47.6 cm³/mol. The molecule has 3 nitrogen and oxygen atoms in total. The Labute approximate surface area is 72.2 Å². The lowest BCUT2D eigenvalue weighted by atomic mass is 10.1. The van der Waals surface area contributed by atoms with Gasteiger partial charge in [-0.15, -0.1) is 0 Å². The zero-order chi connectivity index (χ0) is 9.14. The van der Waals surface area contributed by atoms with Gasteiger partial charge in [-0.1, -0.05) is 6.07 Å². The molecule has 1 aromatic rings. The molecule has 0 fully saturated rings. The zero-order valence-corrected chi connectivity index (χ0v) is 7.36. The second-order valence-corrected chi connectivity index (χ2v) is 3.10. The van der Waals surface area contributed by atoms with Gasteiger partial charge in [0.2, 0.25) is 0 Å². The number of nitrogens with two attached hydrogens (primary N) is 1. The minimum Gasteiger partial charge on any atom is -0.387 e. The maximum Gasteiger partial charge on any atom is 0.0953 e. The van der Waals surface area contributed by atoms with E-state index in [2.05, 4.69) is 4.98 Å². The molecule has 1 unspecified atom stereocenters. The number of rotatable bonds is 2. The molecule has 1 heterocycles. The van der Waals surface area contributed by atoms with Crippen LogP contribution in [0.5, 0.6) is 0 Å². The van der Waals surface area contributed by atoms with Crippen molar-refractivity contribution in [2.45, 2.75) is 26.0 Å². The topological polar surface area (TPSA) is 59.1 Å². The first kappa shape index (κ1) is 9.16. The second-order valence-electron chi connectivity index (χ2n) is 3.10. The van der Waals surface area contributed by atoms with Crippen LogP contribution >= 0.6 is 0 Å². The van der Waals surface area contributed by atoms with E-state index in [-0.39, 0.29) is 6.04 Å². The molecule has 0 saturated heterocycles. The molecule has 0 radical (unpaired) electrons. The summed E-state index contributed by atoms with van der Waals surface area (Å²) in [4.78, 5) is 3.97. The number of aromatic nitrogens is 1. The average Bonchev–Trinajstić information content (AvgIpc) is 2.03. The molecule has 66 valence electrons. The normalized spacial score (nSPS) is 15.7. The fourth-order valence-corrected chi connectivity index (χ4v) is 1.04. The minimum absolute atomic E-state index is 0.256. The predicted octanol–water partition coefficient (Wildman–Crippen LogP) is 0.771. The van der Waals surface area contributed by atoms with Crippen molar-refractivity contribution < 1.29 is 5.11 Å². The van der Waals surface area contributed by atoms with Gasteiger partial charge in [0.15, 0.2) is 0 Å². The van der Waals surface area contributed by atoms with E-state index in [0.29, 0.717) is 0 Å². The minimum atomic E-state index is -0.614. The molecule has 0 spiro atoms. The third kappa shape index (κ3) is 2.03. The molecule has 0 amide bonds. The van der Waals surface area contributed by atoms with Gasteiger partial charge in [-0.25, -0.2) is 0 Å². The van der Waals surface area contributed by atoms with Gasteiger partial charge in [0.25, 0.3) is 0 Å². The van der Waals surface area contributed by atoms with Crippen molar-refractivity contribution in [3.8, 4) is 0 Å². The first-order valence-corrected chi connectivity index (χ1v) is 3.96. The van der Waals surface area contributed by atoms with E-state index in [9.17, 15) is 5.11 Å². The molecule has 1 rings (SSSR count). The lowest BCUT2D eigenvalue weighted by Crippen LogP contribution is -2.24. The summed E-state index contributed by atoms with van der Waals surface area (Å²) in [6.07, 6.45) is 2.77. The summed E-state index contributed by atoms with van der Waals surface area (Å²) in [7, 11) is 0. The van der Waals surface area contributed by atoms with Crippen LogP contribution in [0.25, 0.3) is 0 Å². The Hall–Kier alpha value is -0.930. The van der Waals surface area contributed by atoms with Crippen LogP contribution in [0.2, 0.25) is 0 Å². The molecular formula is C9H14N2O. The third-order valence-electron chi connectivity index (χ3n) is 1.74. The highest BCUT2D eigenvalue weighted by molar-refractivity contribution is 5.19. The molecule has 3 heteroatoms. The van der Waals surface area contributed by atoms with Crippen molar-refractivity contribution >= 4 is 0 Å². The van der Waals surface area contributed by atoms with Crippen molar-refractivity contribution in [2.24, 2.45) is 5.73 Å². The molecule has 0 aromatic carbocycles. The van der Waals surface area contributed by atoms with E-state index in [0.717, 1.165) is 11.1 Å². The maximum atomic E-state index is 9.56. The molecule has 12 heavy (non-hydrogen) atoms. The second kappa shape index (κ2) is 3.65. The summed E-state index contributed by atoms with van der Waals surface area (Å²) in [6, 6.07) is 1.63. The Morgan fingerprint density at radius 1 is 1.50 bits per heavy atom. The third-order valence-corrected chi connectivity index (χ3v) is 1.74. The Morgan fingerprint density at radius 3 is 2.67 bits per heavy atom. The smallest absolute Gasteiger partial charge is 0.0953 e. The van der Waals surface area contributed by atoms with Crippen LogP contribution in [0.1, 0.15) is 24.2 Å². The van der Waals surface area contributed by atoms with Crippen molar-refractivity contribution in [3.63, 3.8) is 0 Å². The van der Waals surface area contributed by atoms with E-state index >= 15 is 0 Å². The monoisotopic (exact) mass is 166 g/mol. The number of hydrogen-bond donors (Lipinski definition) is 2. The van der Waals surface area contributed by atoms with Gasteiger partial charge < -0.3 is 10.8 Å². The van der Waals surface area contributed by atoms with Gasteiger partial charge in [-0.05, 0) is 19.4 Å². The summed E-state index contributed by atoms with van der Waals surface area (Å²) in [6.45, 7) is 3.71. The van der Waals surface area contributed by atoms with Gasteiger partial charge in [0, 0.05) is 24.0 Å². The van der Waals surface area contributed by atoms with Crippen LogP contribution in [-0.2, 0) is 0 Å². The molecule has 0 aliphatic heterocycles. The lowest BCUT2D eigenvalue weighted by molar-refractivity contribution is 0.153. The molecule has 0 saturated carbocycles. The number of nitrogens with zero attached hydrogens (tertiary/aromatic N) is 1. The first-order chi connectivity index (χ1) is 5.61. The fraction of sp³-hybridized carbons (Fsp3) is 0.444. The van der Waals surface area contributed by atoms with Crippen molar-refractivity contribution in [1.82, 2.24) is 4.98 Å². The van der Waals surface area contributed by atoms with Crippen molar-refractivity contribution in [2.75, 3.05) is 0 Å². The highest BCUT2D eigenvalue weighted by Gasteiger charge is 2.11. The number of pyridine rings is 1. The Morgan fingerprint density at radius 2 is 2.17 bits per heavy atom. The molecule has 1 aromatic heterocycles. The molecule has 0 aliphatic rings. The Kier molecular flexibility index (Phi) is 2.78. The van der Waals surface area contributed by atoms with Gasteiger partial charge in [0.05, 0.1) is 6.10 Å². The Bertz CT molecular complexity index is 260. The molecule has 3 N–H and O–H groups in total.